The van der Waals surface area contributed by atoms with Crippen LogP contribution in [0.4, 0.5) is 13.2 Å². The molecule has 0 saturated heterocycles. The van der Waals surface area contributed by atoms with E-state index >= 15 is 0 Å². The van der Waals surface area contributed by atoms with Gasteiger partial charge in [-0.1, -0.05) is 6.07 Å². The number of benzene rings is 1. The van der Waals surface area contributed by atoms with Crippen LogP contribution in [0.1, 0.15) is 36.8 Å². The van der Waals surface area contributed by atoms with Crippen molar-refractivity contribution in [3.8, 4) is 5.75 Å². The molecule has 1 atom stereocenters. The van der Waals surface area contributed by atoms with Gasteiger partial charge in [0.1, 0.15) is 30.1 Å². The number of carbonyl (C=O) groups excluding carboxylic acids is 1. The minimum Gasteiger partial charge on any atom is -0.491 e. The molecule has 0 radical (unpaired) electrons. The van der Waals surface area contributed by atoms with Gasteiger partial charge < -0.3 is 19.9 Å². The second-order valence-corrected chi connectivity index (χ2v) is 8.94. The van der Waals surface area contributed by atoms with Gasteiger partial charge >= 0.3 is 6.18 Å². The predicted molar refractivity (Wildman–Crippen MR) is 111 cm³/mol. The Balaban J connectivity index is 1.78. The number of nitrogens with two attached hydrogens (primary N) is 1. The molecule has 32 heavy (non-hydrogen) atoms. The molecular formula is C23H29F3N2O4. The molecule has 176 valence electrons. The minimum absolute atomic E-state index is 0.0819. The Morgan fingerprint density at radius 2 is 1.91 bits per heavy atom. The van der Waals surface area contributed by atoms with E-state index in [1.165, 1.54) is 0 Å². The van der Waals surface area contributed by atoms with Crippen LogP contribution in [0.5, 0.6) is 5.75 Å². The van der Waals surface area contributed by atoms with E-state index in [4.69, 9.17) is 19.9 Å². The maximum absolute atomic E-state index is 13.8. The van der Waals surface area contributed by atoms with Gasteiger partial charge in [-0.2, -0.15) is 13.2 Å². The Morgan fingerprint density at radius 1 is 1.19 bits per heavy atom. The van der Waals surface area contributed by atoms with Crippen molar-refractivity contribution < 1.29 is 32.2 Å². The lowest BCUT2D eigenvalue weighted by Crippen LogP contribution is -2.52. The summed E-state index contributed by atoms with van der Waals surface area (Å²) in [6, 6.07) is 5.54. The second kappa shape index (κ2) is 8.26. The van der Waals surface area contributed by atoms with Gasteiger partial charge in [-0.15, -0.1) is 0 Å². The molecule has 1 unspecified atom stereocenters. The summed E-state index contributed by atoms with van der Waals surface area (Å²) in [7, 11) is 3.23. The van der Waals surface area contributed by atoms with E-state index in [-0.39, 0.29) is 11.9 Å². The summed E-state index contributed by atoms with van der Waals surface area (Å²) >= 11 is 0. The molecule has 1 amide bonds. The number of ether oxygens (including phenoxy) is 3. The van der Waals surface area contributed by atoms with Gasteiger partial charge in [-0.25, -0.2) is 0 Å². The molecule has 0 aromatic heterocycles. The summed E-state index contributed by atoms with van der Waals surface area (Å²) in [5.74, 6) is -0.188. The normalized spacial score (nSPS) is 29.7. The molecule has 1 aliphatic heterocycles. The van der Waals surface area contributed by atoms with E-state index in [0.29, 0.717) is 48.7 Å². The minimum atomic E-state index is -4.55. The lowest BCUT2D eigenvalue weighted by Gasteiger charge is -2.46. The molecule has 0 bridgehead atoms. The quantitative estimate of drug-likeness (QED) is 0.668. The van der Waals surface area contributed by atoms with Crippen LogP contribution in [0.25, 0.3) is 0 Å². The molecule has 1 fully saturated rings. The molecule has 3 aliphatic rings. The first-order chi connectivity index (χ1) is 15.2. The highest BCUT2D eigenvalue weighted by Gasteiger charge is 2.65. The third-order valence-corrected chi connectivity index (χ3v) is 7.25. The summed E-state index contributed by atoms with van der Waals surface area (Å²) in [5.41, 5.74) is 5.92. The number of halogens is 3. The maximum atomic E-state index is 13.8. The van der Waals surface area contributed by atoms with Crippen molar-refractivity contribution >= 4 is 5.91 Å². The molecular weight excluding hydrogens is 425 g/mol. The van der Waals surface area contributed by atoms with Crippen LogP contribution in [-0.2, 0) is 26.1 Å². The first kappa shape index (κ1) is 22.9. The molecule has 2 N–H and O–H groups in total. The Labute approximate surface area is 185 Å². The van der Waals surface area contributed by atoms with Crippen LogP contribution in [0.3, 0.4) is 0 Å². The van der Waals surface area contributed by atoms with Crippen molar-refractivity contribution in [2.75, 3.05) is 34.0 Å². The summed E-state index contributed by atoms with van der Waals surface area (Å²) in [4.78, 5) is 14.5. The smallest absolute Gasteiger partial charge is 0.406 e. The average Bonchev–Trinajstić information content (AvgIpc) is 3.15. The van der Waals surface area contributed by atoms with Crippen molar-refractivity contribution in [1.82, 2.24) is 4.90 Å². The first-order valence-electron chi connectivity index (χ1n) is 10.8. The molecule has 2 spiro atoms. The zero-order valence-corrected chi connectivity index (χ0v) is 18.3. The van der Waals surface area contributed by atoms with Gasteiger partial charge in [0.15, 0.2) is 0 Å². The molecule has 6 nitrogen and oxygen atoms in total. The van der Waals surface area contributed by atoms with Gasteiger partial charge in [0.2, 0.25) is 5.91 Å². The maximum Gasteiger partial charge on any atom is 0.406 e. The van der Waals surface area contributed by atoms with Crippen molar-refractivity contribution in [3.05, 3.63) is 41.2 Å². The van der Waals surface area contributed by atoms with Crippen LogP contribution in [0.2, 0.25) is 0 Å². The predicted octanol–water partition coefficient (Wildman–Crippen LogP) is 3.29. The van der Waals surface area contributed by atoms with Crippen molar-refractivity contribution in [2.45, 2.75) is 49.8 Å². The monoisotopic (exact) mass is 454 g/mol. The fourth-order valence-corrected chi connectivity index (χ4v) is 5.76. The first-order valence-corrected chi connectivity index (χ1v) is 10.8. The highest BCUT2D eigenvalue weighted by molar-refractivity contribution is 5.97. The van der Waals surface area contributed by atoms with Crippen LogP contribution in [0, 0.1) is 5.41 Å². The fourth-order valence-electron chi connectivity index (χ4n) is 5.76. The second-order valence-electron chi connectivity index (χ2n) is 8.94. The molecule has 2 aliphatic carbocycles. The van der Waals surface area contributed by atoms with Crippen LogP contribution in [-0.4, -0.2) is 57.1 Å². The number of carbonyl (C=O) groups is 1. The van der Waals surface area contributed by atoms with E-state index in [9.17, 15) is 18.0 Å². The number of amides is 1. The lowest BCUT2D eigenvalue weighted by atomic mass is 9.57. The van der Waals surface area contributed by atoms with Crippen LogP contribution < -0.4 is 10.5 Å². The third kappa shape index (κ3) is 3.65. The lowest BCUT2D eigenvalue weighted by molar-refractivity contribution is -0.160. The highest BCUT2D eigenvalue weighted by atomic mass is 19.4. The molecule has 1 saturated carbocycles. The number of nitrogens with zero attached hydrogens (tertiary/aromatic N) is 1. The van der Waals surface area contributed by atoms with Gasteiger partial charge in [0, 0.05) is 14.2 Å². The number of hydrogen-bond donors (Lipinski definition) is 1. The number of fused-ring (bicyclic) bond motifs is 3. The summed E-state index contributed by atoms with van der Waals surface area (Å²) in [5, 5.41) is 0. The van der Waals surface area contributed by atoms with Crippen molar-refractivity contribution in [2.24, 2.45) is 11.1 Å². The SMILES string of the molecule is COCCOc1ccc2c(c1)C1(C=C(N)N(CC(F)(F)F)C1=O)[C@]1(CC[C@H](OC)CC1)C2. The number of rotatable bonds is 6. The number of alkyl halides is 3. The standard InChI is InChI=1S/C23H29F3N2O4/c1-30-9-10-32-17-4-3-15-12-21(7-5-16(31-2)6-8-21)22(18(15)11-17)13-19(27)28(20(22)29)14-23(24,25)26/h3-4,11,13,16H,5-10,12,14,27H2,1-2H3/t16-,21-,22?. The zero-order valence-electron chi connectivity index (χ0n) is 18.3. The van der Waals surface area contributed by atoms with Crippen molar-refractivity contribution in [3.63, 3.8) is 0 Å². The van der Waals surface area contributed by atoms with Gasteiger partial charge in [-0.3, -0.25) is 9.69 Å². The van der Waals surface area contributed by atoms with E-state index in [1.807, 2.05) is 12.1 Å². The van der Waals surface area contributed by atoms with Crippen molar-refractivity contribution in [1.29, 1.82) is 0 Å². The van der Waals surface area contributed by atoms with Gasteiger partial charge in [0.25, 0.3) is 0 Å². The number of hydrogen-bond acceptors (Lipinski definition) is 5. The molecule has 9 heteroatoms. The van der Waals surface area contributed by atoms with Gasteiger partial charge in [0.05, 0.1) is 12.7 Å². The van der Waals surface area contributed by atoms with Crippen LogP contribution >= 0.6 is 0 Å². The fraction of sp³-hybridized carbons (Fsp3) is 0.609. The van der Waals surface area contributed by atoms with E-state index in [1.54, 1.807) is 26.4 Å². The molecule has 1 heterocycles. The topological polar surface area (TPSA) is 74.0 Å². The van der Waals surface area contributed by atoms with Gasteiger partial charge in [-0.05, 0) is 66.9 Å². The van der Waals surface area contributed by atoms with Crippen LogP contribution in [0.15, 0.2) is 30.1 Å². The zero-order chi connectivity index (χ0) is 23.1. The summed E-state index contributed by atoms with van der Waals surface area (Å²) in [6.07, 6.45) is 0.509. The molecule has 1 aromatic carbocycles. The Morgan fingerprint density at radius 3 is 2.53 bits per heavy atom. The largest absolute Gasteiger partial charge is 0.491 e. The Hall–Kier alpha value is -2.26. The number of methoxy groups -OCH3 is 2. The average molecular weight is 454 g/mol. The molecule has 1 aromatic rings. The Kier molecular flexibility index (Phi) is 5.92. The van der Waals surface area contributed by atoms with E-state index < -0.39 is 29.5 Å². The third-order valence-electron chi connectivity index (χ3n) is 7.25. The van der Waals surface area contributed by atoms with E-state index in [2.05, 4.69) is 0 Å². The highest BCUT2D eigenvalue weighted by Crippen LogP contribution is 2.62. The summed E-state index contributed by atoms with van der Waals surface area (Å²) in [6.45, 7) is -0.670. The Bertz CT molecular complexity index is 909. The van der Waals surface area contributed by atoms with E-state index in [0.717, 1.165) is 18.4 Å². The summed E-state index contributed by atoms with van der Waals surface area (Å²) < 4.78 is 56.1. The molecule has 4 rings (SSSR count).